The Hall–Kier alpha value is -10.4. The molecular weight excluding hydrogens is 1420 g/mol. The van der Waals surface area contributed by atoms with Crippen molar-refractivity contribution in [1.82, 2.24) is 39.1 Å². The molecule has 1 fully saturated rings. The van der Waals surface area contributed by atoms with Gasteiger partial charge in [-0.2, -0.15) is 73.1 Å². The van der Waals surface area contributed by atoms with Gasteiger partial charge in [-0.15, -0.1) is 0 Å². The molecule has 0 saturated carbocycles. The summed E-state index contributed by atoms with van der Waals surface area (Å²) in [7, 11) is 4.28. The van der Waals surface area contributed by atoms with Crippen molar-refractivity contribution in [3.63, 3.8) is 0 Å². The first kappa shape index (κ1) is 81.6. The molecule has 4 unspecified atom stereocenters. The van der Waals surface area contributed by atoms with Gasteiger partial charge >= 0.3 is 48.6 Å². The number of carbonyl (C=O) groups excluding carboxylic acids is 4. The molecule has 560 valence electrons. The number of methoxy groups -OCH3 is 4. The van der Waals surface area contributed by atoms with Crippen LogP contribution in [0.2, 0.25) is 0 Å². The second-order valence-electron chi connectivity index (χ2n) is 21.3. The lowest BCUT2D eigenvalue weighted by Gasteiger charge is -2.18. The van der Waals surface area contributed by atoms with E-state index in [1.807, 2.05) is 0 Å². The topological polar surface area (TPSA) is 287 Å². The van der Waals surface area contributed by atoms with Crippen LogP contribution >= 0.6 is 0 Å². The Morgan fingerprint density at radius 3 is 0.913 bits per heavy atom. The quantitative estimate of drug-likeness (QED) is 0.0187. The van der Waals surface area contributed by atoms with Gasteiger partial charge in [0, 0.05) is 47.0 Å². The third-order valence-corrected chi connectivity index (χ3v) is 14.0. The van der Waals surface area contributed by atoms with E-state index in [1.54, 1.807) is 24.3 Å². The minimum absolute atomic E-state index is 0.0253. The number of para-hydroxylation sites is 4. The summed E-state index contributed by atoms with van der Waals surface area (Å²) in [4.78, 5) is 45.4. The van der Waals surface area contributed by atoms with E-state index >= 15 is 0 Å². The average Bonchev–Trinajstić information content (AvgIpc) is 1.59. The maximum atomic E-state index is 14.4. The summed E-state index contributed by atoms with van der Waals surface area (Å²) in [6.45, 7) is -6.07. The van der Waals surface area contributed by atoms with E-state index in [0.29, 0.717) is 11.3 Å². The molecule has 5 heterocycles. The van der Waals surface area contributed by atoms with Crippen molar-refractivity contribution in [2.24, 2.45) is 0 Å². The minimum Gasteiger partial charge on any atom is -0.487 e. The highest BCUT2D eigenvalue weighted by molar-refractivity contribution is 5.79. The zero-order valence-corrected chi connectivity index (χ0v) is 54.0. The van der Waals surface area contributed by atoms with Gasteiger partial charge in [-0.25, -0.2) is 32.3 Å². The fourth-order valence-corrected chi connectivity index (χ4v) is 9.03. The van der Waals surface area contributed by atoms with Crippen LogP contribution in [0.15, 0.2) is 146 Å². The summed E-state index contributed by atoms with van der Waals surface area (Å²) in [5, 5.41) is 43.3. The standard InChI is InChI=1S/3C16H16F4N2O4.C16H15F3N2O4/c3*1-25-15(24)14(23)13(17)11-4-2-3-5-12(11)26-8-10-6-7-21-22(10)9-16(18,19)20;1-23-15(22)14-13(25-14)11-4-2-3-5-12(11)24-8-10-6-7-20-21(10)9-16(17,18)19/h3*2-7,13-14,23H,8-9H2,1H3;2-7,13-14H,8-9H2,1H3/t2*13-,14+;;/m10../s1. The number of epoxide rings is 1. The number of hydrogen-bond acceptors (Lipinski definition) is 20. The van der Waals surface area contributed by atoms with Crippen molar-refractivity contribution in [2.75, 3.05) is 28.4 Å². The molecule has 0 spiro atoms. The molecule has 9 rings (SSSR count). The summed E-state index contributed by atoms with van der Waals surface area (Å²) in [6, 6.07) is 29.3. The molecule has 0 amide bonds. The van der Waals surface area contributed by atoms with Crippen molar-refractivity contribution >= 4 is 23.9 Å². The molecule has 103 heavy (non-hydrogen) atoms. The van der Waals surface area contributed by atoms with E-state index in [9.17, 15) is 100 Å². The largest absolute Gasteiger partial charge is 0.487 e. The van der Waals surface area contributed by atoms with Crippen LogP contribution in [0.3, 0.4) is 0 Å². The minimum atomic E-state index is -4.45. The van der Waals surface area contributed by atoms with E-state index in [4.69, 9.17) is 23.7 Å². The molecule has 1 aliphatic rings. The van der Waals surface area contributed by atoms with Crippen LogP contribution in [0, 0.1) is 0 Å². The van der Waals surface area contributed by atoms with Gasteiger partial charge < -0.3 is 58.0 Å². The molecule has 3 N–H and O–H groups in total. The molecule has 0 radical (unpaired) electrons. The zero-order valence-electron chi connectivity index (χ0n) is 54.0. The van der Waals surface area contributed by atoms with Gasteiger partial charge in [0.25, 0.3) is 0 Å². The van der Waals surface area contributed by atoms with E-state index in [0.717, 1.165) is 40.1 Å². The lowest BCUT2D eigenvalue weighted by molar-refractivity contribution is -0.154. The molecule has 1 saturated heterocycles. The Morgan fingerprint density at radius 2 is 0.650 bits per heavy atom. The van der Waals surface area contributed by atoms with Gasteiger partial charge in [-0.1, -0.05) is 72.8 Å². The molecule has 24 nitrogen and oxygen atoms in total. The molecule has 0 bridgehead atoms. The molecule has 0 aliphatic carbocycles. The van der Waals surface area contributed by atoms with Crippen LogP contribution in [-0.2, 0) is 95.5 Å². The average molecular weight is 1490 g/mol. The number of hydrogen-bond donors (Lipinski definition) is 3. The van der Waals surface area contributed by atoms with Crippen LogP contribution in [-0.4, -0.2) is 156 Å². The number of aliphatic hydroxyl groups is 3. The van der Waals surface area contributed by atoms with Crippen LogP contribution in [0.5, 0.6) is 23.0 Å². The number of alkyl halides is 15. The fourth-order valence-electron chi connectivity index (χ4n) is 9.03. The van der Waals surface area contributed by atoms with E-state index in [-0.39, 0.29) is 83.1 Å². The molecule has 39 heteroatoms. The number of rotatable bonds is 27. The van der Waals surface area contributed by atoms with Crippen LogP contribution < -0.4 is 18.9 Å². The molecule has 8 aromatic rings. The Labute approximate surface area is 573 Å². The summed E-state index contributed by atoms with van der Waals surface area (Å²) in [6.07, 6.45) is -26.6. The lowest BCUT2D eigenvalue weighted by Crippen LogP contribution is -2.27. The normalized spacial score (nSPS) is 15.3. The Bertz CT molecular complexity index is 3710. The van der Waals surface area contributed by atoms with Crippen LogP contribution in [0.4, 0.5) is 65.9 Å². The molecule has 1 aliphatic heterocycles. The van der Waals surface area contributed by atoms with Gasteiger partial charge in [0.2, 0.25) is 0 Å². The summed E-state index contributed by atoms with van der Waals surface area (Å²) in [5.74, 6) is -3.60. The molecule has 8 atom stereocenters. The molecular formula is C64H63F15N8O16. The maximum absolute atomic E-state index is 14.4. The Balaban J connectivity index is 0.000000216. The highest BCUT2D eigenvalue weighted by Crippen LogP contribution is 2.44. The summed E-state index contributed by atoms with van der Waals surface area (Å²) < 4.78 is 241. The van der Waals surface area contributed by atoms with Crippen molar-refractivity contribution in [3.8, 4) is 23.0 Å². The monoisotopic (exact) mass is 1480 g/mol. The maximum Gasteiger partial charge on any atom is 0.408 e. The number of ether oxygens (including phenoxy) is 9. The number of nitrogens with zero attached hydrogens (tertiary/aromatic N) is 8. The van der Waals surface area contributed by atoms with Crippen LogP contribution in [0.25, 0.3) is 0 Å². The van der Waals surface area contributed by atoms with Crippen molar-refractivity contribution in [1.29, 1.82) is 0 Å². The van der Waals surface area contributed by atoms with E-state index in [2.05, 4.69) is 39.3 Å². The van der Waals surface area contributed by atoms with Crippen molar-refractivity contribution in [2.45, 2.75) is 126 Å². The molecule has 4 aromatic heterocycles. The van der Waals surface area contributed by atoms with Gasteiger partial charge in [-0.3, -0.25) is 18.7 Å². The number of aliphatic hydroxyl groups excluding tert-OH is 3. The Morgan fingerprint density at radius 1 is 0.398 bits per heavy atom. The predicted octanol–water partition coefficient (Wildman–Crippen LogP) is 10.3. The third-order valence-electron chi connectivity index (χ3n) is 14.0. The number of benzene rings is 4. The first-order valence-electron chi connectivity index (χ1n) is 29.7. The first-order valence-corrected chi connectivity index (χ1v) is 29.7. The zero-order chi connectivity index (χ0) is 76.0. The molecule has 4 aromatic carbocycles. The van der Waals surface area contributed by atoms with Gasteiger partial charge in [0.15, 0.2) is 42.9 Å². The predicted molar refractivity (Wildman–Crippen MR) is 321 cm³/mol. The van der Waals surface area contributed by atoms with Crippen molar-refractivity contribution < 1.29 is 143 Å². The second kappa shape index (κ2) is 37.0. The Kier molecular flexibility index (Phi) is 29.3. The third kappa shape index (κ3) is 25.0. The highest BCUT2D eigenvalue weighted by atomic mass is 19.4. The van der Waals surface area contributed by atoms with Gasteiger partial charge in [0.1, 0.15) is 81.7 Å². The SMILES string of the molecule is COC(=O)C(O)C(F)c1ccccc1OCc1ccnn1CC(F)(F)F.COC(=O)C1OC1c1ccccc1OCc1ccnn1CC(F)(F)F.COC(=O)[C@@H](O)[C@H](F)c1ccccc1OCc1ccnn1CC(F)(F)F.COC(=O)[C@H](O)[C@@H](F)c1ccccc1OCc1ccnn1CC(F)(F)F. The first-order chi connectivity index (χ1) is 48.6. The second-order valence-corrected chi connectivity index (χ2v) is 21.3. The van der Waals surface area contributed by atoms with Gasteiger partial charge in [-0.05, 0) is 48.5 Å². The van der Waals surface area contributed by atoms with E-state index < -0.39 is 124 Å². The summed E-state index contributed by atoms with van der Waals surface area (Å²) >= 11 is 0. The van der Waals surface area contributed by atoms with Crippen LogP contribution in [0.1, 0.15) is 69.6 Å². The number of aromatic nitrogens is 8. The van der Waals surface area contributed by atoms with Crippen molar-refractivity contribution in [3.05, 3.63) is 191 Å². The lowest BCUT2D eigenvalue weighted by atomic mass is 10.0. The number of esters is 4. The van der Waals surface area contributed by atoms with Gasteiger partial charge in [0.05, 0.1) is 51.2 Å². The summed E-state index contributed by atoms with van der Waals surface area (Å²) in [5.41, 5.74) is 0.906. The van der Waals surface area contributed by atoms with E-state index in [1.165, 1.54) is 129 Å². The number of halogens is 15. The number of carbonyl (C=O) groups is 4. The fraction of sp³-hybridized carbons (Fsp3) is 0.375. The smallest absolute Gasteiger partial charge is 0.408 e. The highest BCUT2D eigenvalue weighted by Gasteiger charge is 2.48.